The summed E-state index contributed by atoms with van der Waals surface area (Å²) in [6.07, 6.45) is 7.17. The van der Waals surface area contributed by atoms with Crippen molar-refractivity contribution in [3.63, 3.8) is 0 Å². The summed E-state index contributed by atoms with van der Waals surface area (Å²) >= 11 is 0. The molecule has 0 aliphatic heterocycles. The maximum absolute atomic E-state index is 12.3. The predicted molar refractivity (Wildman–Crippen MR) is 113 cm³/mol. The van der Waals surface area contributed by atoms with Gasteiger partial charge in [0.25, 0.3) is 0 Å². The van der Waals surface area contributed by atoms with Gasteiger partial charge in [0.05, 0.1) is 18.3 Å². The third kappa shape index (κ3) is 14.1. The third-order valence-corrected chi connectivity index (χ3v) is 5.44. The molecule has 0 aromatic heterocycles. The molecule has 0 aliphatic rings. The van der Waals surface area contributed by atoms with Gasteiger partial charge < -0.3 is 9.47 Å². The zero-order chi connectivity index (χ0) is 19.3. The largest absolute Gasteiger partial charge is 0.498 e. The SMILES string of the molecule is C=C(CCC(CCC)C(=O)OC(C)(C)C)OCCSSC(=C)/C=C\C. The van der Waals surface area contributed by atoms with E-state index in [-0.39, 0.29) is 11.9 Å². The van der Waals surface area contributed by atoms with Crippen molar-refractivity contribution in [1.82, 2.24) is 0 Å². The molecule has 0 heterocycles. The van der Waals surface area contributed by atoms with Crippen LogP contribution in [0.1, 0.15) is 60.3 Å². The highest BCUT2D eigenvalue weighted by Gasteiger charge is 2.24. The van der Waals surface area contributed by atoms with Crippen molar-refractivity contribution in [1.29, 1.82) is 0 Å². The van der Waals surface area contributed by atoms with Gasteiger partial charge in [-0.3, -0.25) is 4.79 Å². The lowest BCUT2D eigenvalue weighted by Crippen LogP contribution is -2.28. The molecule has 0 saturated heterocycles. The van der Waals surface area contributed by atoms with Gasteiger partial charge in [-0.15, -0.1) is 0 Å². The average Bonchev–Trinajstić information content (AvgIpc) is 2.49. The molecule has 0 spiro atoms. The molecule has 25 heavy (non-hydrogen) atoms. The highest BCUT2D eigenvalue weighted by atomic mass is 33.1. The van der Waals surface area contributed by atoms with E-state index < -0.39 is 5.60 Å². The first-order valence-corrected chi connectivity index (χ1v) is 11.2. The van der Waals surface area contributed by atoms with Crippen molar-refractivity contribution < 1.29 is 14.3 Å². The second-order valence-electron chi connectivity index (χ2n) is 6.82. The van der Waals surface area contributed by atoms with E-state index in [0.717, 1.165) is 35.7 Å². The first-order valence-electron chi connectivity index (χ1n) is 8.84. The maximum atomic E-state index is 12.3. The third-order valence-electron chi connectivity index (χ3n) is 3.14. The Kier molecular flexibility index (Phi) is 13.0. The van der Waals surface area contributed by atoms with E-state index in [1.165, 1.54) is 0 Å². The smallest absolute Gasteiger partial charge is 0.309 e. The molecule has 0 fully saturated rings. The summed E-state index contributed by atoms with van der Waals surface area (Å²) in [7, 11) is 3.36. The molecule has 0 rings (SSSR count). The van der Waals surface area contributed by atoms with Gasteiger partial charge in [0.15, 0.2) is 0 Å². The van der Waals surface area contributed by atoms with Gasteiger partial charge in [-0.25, -0.2) is 0 Å². The van der Waals surface area contributed by atoms with Gasteiger partial charge in [-0.05, 0) is 40.5 Å². The van der Waals surface area contributed by atoms with Crippen LogP contribution in [0.4, 0.5) is 0 Å². The lowest BCUT2D eigenvalue weighted by atomic mass is 9.97. The summed E-state index contributed by atoms with van der Waals surface area (Å²) in [5.41, 5.74) is -0.442. The topological polar surface area (TPSA) is 35.5 Å². The number of allylic oxidation sites excluding steroid dienone is 3. The Bertz CT molecular complexity index is 450. The molecule has 0 radical (unpaired) electrons. The van der Waals surface area contributed by atoms with E-state index in [9.17, 15) is 4.79 Å². The van der Waals surface area contributed by atoms with Crippen molar-refractivity contribution in [3.05, 3.63) is 36.0 Å². The molecule has 0 aromatic carbocycles. The molecule has 0 saturated carbocycles. The Morgan fingerprint density at radius 1 is 1.24 bits per heavy atom. The highest BCUT2D eigenvalue weighted by molar-refractivity contribution is 8.78. The molecule has 144 valence electrons. The van der Waals surface area contributed by atoms with Crippen LogP contribution in [0.5, 0.6) is 0 Å². The van der Waals surface area contributed by atoms with Crippen LogP contribution >= 0.6 is 21.6 Å². The van der Waals surface area contributed by atoms with Gasteiger partial charge in [-0.1, -0.05) is 60.2 Å². The molecule has 0 aliphatic carbocycles. The molecular weight excluding hydrogens is 352 g/mol. The van der Waals surface area contributed by atoms with E-state index in [0.29, 0.717) is 13.0 Å². The van der Waals surface area contributed by atoms with Crippen LogP contribution in [0.2, 0.25) is 0 Å². The Morgan fingerprint density at radius 2 is 1.92 bits per heavy atom. The number of esters is 1. The molecule has 1 atom stereocenters. The fourth-order valence-electron chi connectivity index (χ4n) is 2.07. The summed E-state index contributed by atoms with van der Waals surface area (Å²) in [5.74, 6) is 1.41. The van der Waals surface area contributed by atoms with Gasteiger partial charge in [0, 0.05) is 17.1 Å². The maximum Gasteiger partial charge on any atom is 0.309 e. The zero-order valence-electron chi connectivity index (χ0n) is 16.4. The van der Waals surface area contributed by atoms with Gasteiger partial charge in [0.2, 0.25) is 0 Å². The van der Waals surface area contributed by atoms with Crippen LogP contribution in [0.3, 0.4) is 0 Å². The molecule has 0 bridgehead atoms. The summed E-state index contributed by atoms with van der Waals surface area (Å²) in [5, 5.41) is 0. The summed E-state index contributed by atoms with van der Waals surface area (Å²) in [4.78, 5) is 13.3. The summed E-state index contributed by atoms with van der Waals surface area (Å²) < 4.78 is 11.2. The van der Waals surface area contributed by atoms with Crippen molar-refractivity contribution in [3.8, 4) is 0 Å². The van der Waals surface area contributed by atoms with Gasteiger partial charge >= 0.3 is 5.97 Å². The molecule has 0 aromatic rings. The van der Waals surface area contributed by atoms with Crippen LogP contribution in [0.25, 0.3) is 0 Å². The second kappa shape index (κ2) is 13.4. The number of hydrogen-bond acceptors (Lipinski definition) is 5. The molecule has 1 unspecified atom stereocenters. The number of hydrogen-bond donors (Lipinski definition) is 0. The standard InChI is InChI=1S/C20H34O3S2/c1-8-10-17(4)25-24-15-14-22-16(3)12-13-18(11-9-2)19(21)23-20(5,6)7/h8,10,18H,3-4,9,11-15H2,1-2,5-7H3/b10-8-. The lowest BCUT2D eigenvalue weighted by Gasteiger charge is -2.24. The Labute approximate surface area is 162 Å². The average molecular weight is 387 g/mol. The van der Waals surface area contributed by atoms with Crippen molar-refractivity contribution in [2.75, 3.05) is 12.4 Å². The number of ether oxygens (including phenoxy) is 2. The molecule has 5 heteroatoms. The molecule has 0 N–H and O–H groups in total. The lowest BCUT2D eigenvalue weighted by molar-refractivity contribution is -0.160. The van der Waals surface area contributed by atoms with E-state index >= 15 is 0 Å². The van der Waals surface area contributed by atoms with Crippen molar-refractivity contribution in [2.24, 2.45) is 5.92 Å². The number of rotatable bonds is 13. The van der Waals surface area contributed by atoms with Gasteiger partial charge in [-0.2, -0.15) is 0 Å². The fraction of sp³-hybridized carbons (Fsp3) is 0.650. The fourth-order valence-corrected chi connectivity index (χ4v) is 3.72. The first kappa shape index (κ1) is 24.2. The summed E-state index contributed by atoms with van der Waals surface area (Å²) in [6.45, 7) is 18.3. The second-order valence-corrected chi connectivity index (χ2v) is 9.36. The molecular formula is C20H34O3S2. The minimum atomic E-state index is -0.442. The monoisotopic (exact) mass is 386 g/mol. The minimum Gasteiger partial charge on any atom is -0.498 e. The Balaban J connectivity index is 4.06. The Hall–Kier alpha value is -0.810. The van der Waals surface area contributed by atoms with Crippen LogP contribution in [-0.4, -0.2) is 23.9 Å². The van der Waals surface area contributed by atoms with Crippen molar-refractivity contribution in [2.45, 2.75) is 65.9 Å². The van der Waals surface area contributed by atoms with Crippen LogP contribution in [-0.2, 0) is 14.3 Å². The van der Waals surface area contributed by atoms with Crippen molar-refractivity contribution >= 4 is 27.6 Å². The predicted octanol–water partition coefficient (Wildman–Crippen LogP) is 6.53. The van der Waals surface area contributed by atoms with Crippen LogP contribution in [0, 0.1) is 5.92 Å². The van der Waals surface area contributed by atoms with E-state index in [1.807, 2.05) is 39.8 Å². The quantitative estimate of drug-likeness (QED) is 0.118. The van der Waals surface area contributed by atoms with Crippen LogP contribution < -0.4 is 0 Å². The van der Waals surface area contributed by atoms with E-state index in [4.69, 9.17) is 9.47 Å². The number of carbonyl (C=O) groups excluding carboxylic acids is 1. The Morgan fingerprint density at radius 3 is 2.48 bits per heavy atom. The van der Waals surface area contributed by atoms with Crippen LogP contribution in [0.15, 0.2) is 36.0 Å². The molecule has 0 amide bonds. The summed E-state index contributed by atoms with van der Waals surface area (Å²) in [6, 6.07) is 0. The first-order chi connectivity index (χ1) is 11.7. The molecule has 3 nitrogen and oxygen atoms in total. The van der Waals surface area contributed by atoms with E-state index in [2.05, 4.69) is 20.1 Å². The normalized spacial score (nSPS) is 12.8. The minimum absolute atomic E-state index is 0.0846. The number of carbonyl (C=O) groups is 1. The zero-order valence-corrected chi connectivity index (χ0v) is 18.1. The van der Waals surface area contributed by atoms with E-state index in [1.54, 1.807) is 21.6 Å². The highest BCUT2D eigenvalue weighted by Crippen LogP contribution is 2.29. The van der Waals surface area contributed by atoms with Gasteiger partial charge in [0.1, 0.15) is 5.60 Å².